The van der Waals surface area contributed by atoms with Crippen LogP contribution in [-0.4, -0.2) is 33.5 Å². The van der Waals surface area contributed by atoms with E-state index in [9.17, 15) is 0 Å². The summed E-state index contributed by atoms with van der Waals surface area (Å²) in [6.45, 7) is 10.4. The fraction of sp³-hybridized carbons (Fsp3) is 0.400. The number of aryl methyl sites for hydroxylation is 2. The van der Waals surface area contributed by atoms with Crippen molar-refractivity contribution in [1.29, 1.82) is 0 Å². The van der Waals surface area contributed by atoms with Gasteiger partial charge in [0.1, 0.15) is 5.76 Å². The lowest BCUT2D eigenvalue weighted by Gasteiger charge is -2.27. The third kappa shape index (κ3) is 4.67. The maximum Gasteiger partial charge on any atom is 0.205 e. The fourth-order valence-electron chi connectivity index (χ4n) is 4.52. The van der Waals surface area contributed by atoms with Crippen LogP contribution in [0, 0.1) is 13.8 Å². The van der Waals surface area contributed by atoms with Crippen molar-refractivity contribution in [1.82, 2.24) is 14.7 Å². The molecule has 4 rings (SSSR count). The zero-order valence-corrected chi connectivity index (χ0v) is 19.1. The van der Waals surface area contributed by atoms with Gasteiger partial charge in [-0.3, -0.25) is 0 Å². The molecule has 1 aliphatic carbocycles. The van der Waals surface area contributed by atoms with Gasteiger partial charge in [0.15, 0.2) is 5.82 Å². The van der Waals surface area contributed by atoms with Crippen LogP contribution in [-0.2, 0) is 6.54 Å². The van der Waals surface area contributed by atoms with Crippen molar-refractivity contribution >= 4 is 30.1 Å². The second kappa shape index (κ2) is 9.53. The van der Waals surface area contributed by atoms with Crippen molar-refractivity contribution in [3.63, 3.8) is 0 Å². The van der Waals surface area contributed by atoms with Crippen LogP contribution in [0.25, 0.3) is 11.6 Å². The Bertz CT molecular complexity index is 1080. The van der Waals surface area contributed by atoms with Gasteiger partial charge in [-0.2, -0.15) is 4.98 Å². The Morgan fingerprint density at radius 2 is 1.97 bits per heavy atom. The summed E-state index contributed by atoms with van der Waals surface area (Å²) in [6, 6.07) is 11.0. The molecule has 2 aromatic heterocycles. The SMILES string of the molecule is C=Nc1nc(NC2CCC(N)CC2)n(Cc2ccccc2)c1/C=C(\C)c1c(C)noc1C. The maximum absolute atomic E-state index is 6.11. The van der Waals surface area contributed by atoms with Gasteiger partial charge in [-0.05, 0) is 70.4 Å². The molecule has 168 valence electrons. The first kappa shape index (κ1) is 22.0. The minimum Gasteiger partial charge on any atom is -0.361 e. The predicted octanol–water partition coefficient (Wildman–Crippen LogP) is 5.11. The average molecular weight is 433 g/mol. The molecule has 0 amide bonds. The van der Waals surface area contributed by atoms with E-state index in [0.717, 1.165) is 59.9 Å². The van der Waals surface area contributed by atoms with Gasteiger partial charge < -0.3 is 20.1 Å². The van der Waals surface area contributed by atoms with Crippen molar-refractivity contribution < 1.29 is 4.52 Å². The molecule has 0 unspecified atom stereocenters. The molecule has 2 heterocycles. The van der Waals surface area contributed by atoms with Crippen LogP contribution in [0.3, 0.4) is 0 Å². The van der Waals surface area contributed by atoms with Gasteiger partial charge in [0, 0.05) is 17.6 Å². The van der Waals surface area contributed by atoms with Crippen LogP contribution in [0.1, 0.15) is 60.9 Å². The van der Waals surface area contributed by atoms with E-state index in [0.29, 0.717) is 24.4 Å². The van der Waals surface area contributed by atoms with E-state index < -0.39 is 0 Å². The highest BCUT2D eigenvalue weighted by molar-refractivity contribution is 5.84. The number of aliphatic imine (C=N–C) groups is 1. The number of hydrogen-bond acceptors (Lipinski definition) is 6. The number of allylic oxidation sites excluding steroid dienone is 1. The zero-order valence-electron chi connectivity index (χ0n) is 19.1. The number of aromatic nitrogens is 3. The molecule has 3 N–H and O–H groups in total. The molecule has 1 aliphatic rings. The molecule has 0 atom stereocenters. The van der Waals surface area contributed by atoms with E-state index in [-0.39, 0.29) is 0 Å². The number of imidazole rings is 1. The molecule has 0 bridgehead atoms. The van der Waals surface area contributed by atoms with Crippen LogP contribution in [0.4, 0.5) is 11.8 Å². The largest absolute Gasteiger partial charge is 0.361 e. The molecule has 0 saturated heterocycles. The van der Waals surface area contributed by atoms with Crippen LogP contribution in [0.5, 0.6) is 0 Å². The van der Waals surface area contributed by atoms with E-state index in [2.05, 4.69) is 64.0 Å². The monoisotopic (exact) mass is 432 g/mol. The molecule has 0 radical (unpaired) electrons. The summed E-state index contributed by atoms with van der Waals surface area (Å²) in [4.78, 5) is 9.08. The fourth-order valence-corrected chi connectivity index (χ4v) is 4.52. The summed E-state index contributed by atoms with van der Waals surface area (Å²) in [5, 5.41) is 7.77. The highest BCUT2D eigenvalue weighted by Gasteiger charge is 2.23. The van der Waals surface area contributed by atoms with E-state index in [4.69, 9.17) is 15.2 Å². The second-order valence-electron chi connectivity index (χ2n) is 8.66. The lowest BCUT2D eigenvalue weighted by Crippen LogP contribution is -2.33. The van der Waals surface area contributed by atoms with Gasteiger partial charge in [0.25, 0.3) is 0 Å². The van der Waals surface area contributed by atoms with Gasteiger partial charge in [0.05, 0.1) is 17.9 Å². The Kier molecular flexibility index (Phi) is 6.55. The maximum atomic E-state index is 6.11. The van der Waals surface area contributed by atoms with Crippen molar-refractivity contribution in [2.45, 2.75) is 65.1 Å². The molecule has 1 saturated carbocycles. The summed E-state index contributed by atoms with van der Waals surface area (Å²) in [5.74, 6) is 2.23. The Hall–Kier alpha value is -3.19. The van der Waals surface area contributed by atoms with E-state index in [1.54, 1.807) is 0 Å². The van der Waals surface area contributed by atoms with Gasteiger partial charge in [-0.25, -0.2) is 4.99 Å². The summed E-state index contributed by atoms with van der Waals surface area (Å²) in [5.41, 5.74) is 11.2. The topological polar surface area (TPSA) is 94.3 Å². The van der Waals surface area contributed by atoms with Crippen molar-refractivity contribution in [2.24, 2.45) is 10.7 Å². The average Bonchev–Trinajstić information content (AvgIpc) is 3.29. The standard InChI is InChI=1S/C25H32N6O/c1-16(23-17(2)30-32-18(23)3)14-22-24(27-4)29-25(28-21-12-10-20(26)11-13-21)31(22)15-19-8-6-5-7-9-19/h5-9,14,20-21H,4,10-13,15,26H2,1-3H3,(H,28,29)/b16-14+. The second-order valence-corrected chi connectivity index (χ2v) is 8.66. The van der Waals surface area contributed by atoms with E-state index in [1.165, 1.54) is 5.56 Å². The summed E-state index contributed by atoms with van der Waals surface area (Å²) in [6.07, 6.45) is 6.25. The number of nitrogens with zero attached hydrogens (tertiary/aromatic N) is 4. The molecule has 7 heteroatoms. The van der Waals surface area contributed by atoms with Gasteiger partial charge in [-0.15, -0.1) is 0 Å². The number of nitrogens with one attached hydrogen (secondary N) is 1. The minimum atomic E-state index is 0.304. The minimum absolute atomic E-state index is 0.304. The number of anilines is 1. The smallest absolute Gasteiger partial charge is 0.205 e. The van der Waals surface area contributed by atoms with Crippen molar-refractivity contribution in [3.8, 4) is 0 Å². The predicted molar refractivity (Wildman–Crippen MR) is 130 cm³/mol. The first-order chi connectivity index (χ1) is 15.5. The van der Waals surface area contributed by atoms with E-state index >= 15 is 0 Å². The number of nitrogens with two attached hydrogens (primary N) is 1. The van der Waals surface area contributed by atoms with Gasteiger partial charge in [0.2, 0.25) is 5.95 Å². The Labute approximate surface area is 189 Å². The van der Waals surface area contributed by atoms with Crippen LogP contribution in [0.15, 0.2) is 39.8 Å². The lowest BCUT2D eigenvalue weighted by atomic mass is 9.92. The quantitative estimate of drug-likeness (QED) is 0.506. The molecule has 7 nitrogen and oxygen atoms in total. The molecular weight excluding hydrogens is 400 g/mol. The first-order valence-electron chi connectivity index (χ1n) is 11.2. The molecule has 0 spiro atoms. The molecular formula is C25H32N6O. The van der Waals surface area contributed by atoms with Crippen molar-refractivity contribution in [2.75, 3.05) is 5.32 Å². The van der Waals surface area contributed by atoms with Crippen LogP contribution in [0.2, 0.25) is 0 Å². The number of rotatable bonds is 7. The van der Waals surface area contributed by atoms with E-state index in [1.807, 2.05) is 19.9 Å². The third-order valence-corrected chi connectivity index (χ3v) is 6.21. The zero-order chi connectivity index (χ0) is 22.7. The lowest BCUT2D eigenvalue weighted by molar-refractivity contribution is 0.393. The normalized spacial score (nSPS) is 19.2. The highest BCUT2D eigenvalue weighted by Crippen LogP contribution is 2.32. The Morgan fingerprint density at radius 3 is 2.59 bits per heavy atom. The summed E-state index contributed by atoms with van der Waals surface area (Å²) < 4.78 is 7.57. The molecule has 1 fully saturated rings. The Morgan fingerprint density at radius 1 is 1.25 bits per heavy atom. The van der Waals surface area contributed by atoms with Gasteiger partial charge in [-0.1, -0.05) is 35.5 Å². The molecule has 3 aromatic rings. The molecule has 0 aliphatic heterocycles. The van der Waals surface area contributed by atoms with Crippen LogP contribution < -0.4 is 11.1 Å². The van der Waals surface area contributed by atoms with Gasteiger partial charge >= 0.3 is 0 Å². The number of benzene rings is 1. The number of hydrogen-bond donors (Lipinski definition) is 2. The molecule has 1 aromatic carbocycles. The third-order valence-electron chi connectivity index (χ3n) is 6.21. The Balaban J connectivity index is 1.76. The highest BCUT2D eigenvalue weighted by atomic mass is 16.5. The van der Waals surface area contributed by atoms with Crippen LogP contribution >= 0.6 is 0 Å². The summed E-state index contributed by atoms with van der Waals surface area (Å²) >= 11 is 0. The first-order valence-corrected chi connectivity index (χ1v) is 11.2. The molecule has 32 heavy (non-hydrogen) atoms. The summed E-state index contributed by atoms with van der Waals surface area (Å²) in [7, 11) is 0. The van der Waals surface area contributed by atoms with Crippen molar-refractivity contribution in [3.05, 3.63) is 58.6 Å².